The van der Waals surface area contributed by atoms with Crippen molar-refractivity contribution in [1.29, 1.82) is 0 Å². The van der Waals surface area contributed by atoms with Crippen molar-refractivity contribution in [1.82, 2.24) is 4.98 Å². The minimum atomic E-state index is -0.529. The molecule has 0 spiro atoms. The van der Waals surface area contributed by atoms with Crippen LogP contribution in [0.2, 0.25) is 10.0 Å². The first kappa shape index (κ1) is 17.5. The topological polar surface area (TPSA) is 65.2 Å². The summed E-state index contributed by atoms with van der Waals surface area (Å²) in [4.78, 5) is 15.9. The number of carbonyl (C=O) groups is 1. The van der Waals surface area contributed by atoms with Crippen molar-refractivity contribution >= 4 is 45.9 Å². The molecule has 1 aromatic heterocycles. The van der Waals surface area contributed by atoms with Gasteiger partial charge in [0, 0.05) is 17.4 Å². The number of benzene rings is 2. The molecule has 3 rings (SSSR count). The predicted molar refractivity (Wildman–Crippen MR) is 97.5 cm³/mol. The normalized spacial score (nSPS) is 10.9. The Balaban J connectivity index is 2.29. The van der Waals surface area contributed by atoms with Crippen molar-refractivity contribution in [2.45, 2.75) is 13.3 Å². The molecule has 0 saturated carbocycles. The quantitative estimate of drug-likeness (QED) is 0.499. The van der Waals surface area contributed by atoms with Crippen LogP contribution < -0.4 is 10.5 Å². The molecule has 25 heavy (non-hydrogen) atoms. The Morgan fingerprint density at radius 1 is 1.20 bits per heavy atom. The second kappa shape index (κ2) is 6.86. The Morgan fingerprint density at radius 3 is 2.52 bits per heavy atom. The monoisotopic (exact) mass is 378 g/mol. The SMILES string of the molecule is CCC(=O)Oc1ccc(-c2c(Cl)cc(F)cc2Cl)c2ccc(N)nc12. The molecule has 2 N–H and O–H groups in total. The molecule has 2 aromatic carbocycles. The fourth-order valence-electron chi connectivity index (χ4n) is 2.50. The van der Waals surface area contributed by atoms with Crippen LogP contribution in [0.25, 0.3) is 22.0 Å². The van der Waals surface area contributed by atoms with E-state index in [1.54, 1.807) is 31.2 Å². The van der Waals surface area contributed by atoms with Crippen LogP contribution in [0.15, 0.2) is 36.4 Å². The lowest BCUT2D eigenvalue weighted by Crippen LogP contribution is -2.06. The molecule has 0 aliphatic carbocycles. The average molecular weight is 379 g/mol. The van der Waals surface area contributed by atoms with Gasteiger partial charge in [0.05, 0.1) is 10.0 Å². The van der Waals surface area contributed by atoms with Crippen molar-refractivity contribution < 1.29 is 13.9 Å². The number of carbonyl (C=O) groups excluding carboxylic acids is 1. The number of fused-ring (bicyclic) bond motifs is 1. The van der Waals surface area contributed by atoms with E-state index in [0.717, 1.165) is 0 Å². The zero-order valence-corrected chi connectivity index (χ0v) is 14.7. The van der Waals surface area contributed by atoms with Crippen molar-refractivity contribution in [3.05, 3.63) is 52.3 Å². The number of esters is 1. The van der Waals surface area contributed by atoms with Gasteiger partial charge in [0.2, 0.25) is 0 Å². The molecule has 0 saturated heterocycles. The number of nitrogen functional groups attached to an aromatic ring is 1. The highest BCUT2D eigenvalue weighted by Crippen LogP contribution is 2.41. The van der Waals surface area contributed by atoms with Crippen molar-refractivity contribution in [3.8, 4) is 16.9 Å². The number of aromatic nitrogens is 1. The van der Waals surface area contributed by atoms with Crippen LogP contribution in [-0.4, -0.2) is 11.0 Å². The lowest BCUT2D eigenvalue weighted by molar-refractivity contribution is -0.133. The average Bonchev–Trinajstić information content (AvgIpc) is 2.55. The number of rotatable bonds is 3. The van der Waals surface area contributed by atoms with Gasteiger partial charge in [-0.1, -0.05) is 30.1 Å². The summed E-state index contributed by atoms with van der Waals surface area (Å²) < 4.78 is 18.8. The molecule has 0 atom stereocenters. The fraction of sp³-hybridized carbons (Fsp3) is 0.111. The summed E-state index contributed by atoms with van der Waals surface area (Å²) in [6.07, 6.45) is 0.223. The molecular formula is C18H13Cl2FN2O2. The van der Waals surface area contributed by atoms with Crippen LogP contribution in [0.3, 0.4) is 0 Å². The van der Waals surface area contributed by atoms with Gasteiger partial charge in [-0.15, -0.1) is 0 Å². The highest BCUT2D eigenvalue weighted by molar-refractivity contribution is 6.39. The van der Waals surface area contributed by atoms with Gasteiger partial charge in [0.15, 0.2) is 5.75 Å². The smallest absolute Gasteiger partial charge is 0.310 e. The van der Waals surface area contributed by atoms with Gasteiger partial charge in [-0.2, -0.15) is 0 Å². The fourth-order valence-corrected chi connectivity index (χ4v) is 3.17. The van der Waals surface area contributed by atoms with E-state index in [-0.39, 0.29) is 28.0 Å². The number of ether oxygens (including phenoxy) is 1. The number of hydrogen-bond acceptors (Lipinski definition) is 4. The number of nitrogens with two attached hydrogens (primary N) is 1. The number of hydrogen-bond donors (Lipinski definition) is 1. The predicted octanol–water partition coefficient (Wildman–Crippen LogP) is 5.25. The Morgan fingerprint density at radius 2 is 1.88 bits per heavy atom. The van der Waals surface area contributed by atoms with E-state index in [1.165, 1.54) is 12.1 Å². The van der Waals surface area contributed by atoms with Crippen LogP contribution in [-0.2, 0) is 4.79 Å². The molecule has 1 heterocycles. The maximum absolute atomic E-state index is 13.5. The van der Waals surface area contributed by atoms with Gasteiger partial charge in [0.1, 0.15) is 17.2 Å². The van der Waals surface area contributed by atoms with Gasteiger partial charge in [-0.05, 0) is 42.0 Å². The lowest BCUT2D eigenvalue weighted by atomic mass is 9.99. The number of nitrogens with zero attached hydrogens (tertiary/aromatic N) is 1. The summed E-state index contributed by atoms with van der Waals surface area (Å²) in [5, 5.41) is 0.967. The molecule has 0 fully saturated rings. The highest BCUT2D eigenvalue weighted by atomic mass is 35.5. The Hall–Kier alpha value is -2.37. The van der Waals surface area contributed by atoms with Gasteiger partial charge in [-0.3, -0.25) is 4.79 Å². The van der Waals surface area contributed by atoms with E-state index in [1.807, 2.05) is 0 Å². The number of halogens is 3. The summed E-state index contributed by atoms with van der Waals surface area (Å²) in [6, 6.07) is 9.00. The maximum Gasteiger partial charge on any atom is 0.310 e. The summed E-state index contributed by atoms with van der Waals surface area (Å²) >= 11 is 12.4. The number of anilines is 1. The largest absolute Gasteiger partial charge is 0.424 e. The highest BCUT2D eigenvalue weighted by Gasteiger charge is 2.17. The molecule has 7 heteroatoms. The lowest BCUT2D eigenvalue weighted by Gasteiger charge is -2.13. The molecule has 0 aliphatic rings. The first-order valence-corrected chi connectivity index (χ1v) is 8.21. The maximum atomic E-state index is 13.5. The van der Waals surface area contributed by atoms with E-state index in [9.17, 15) is 9.18 Å². The second-order valence-corrected chi connectivity index (χ2v) is 6.13. The van der Waals surface area contributed by atoms with Crippen molar-refractivity contribution in [3.63, 3.8) is 0 Å². The summed E-state index contributed by atoms with van der Waals surface area (Å²) in [6.45, 7) is 1.69. The molecule has 0 unspecified atom stereocenters. The third-order valence-corrected chi connectivity index (χ3v) is 4.23. The molecule has 0 amide bonds. The number of pyridine rings is 1. The Bertz CT molecular complexity index is 969. The molecule has 0 radical (unpaired) electrons. The molecular weight excluding hydrogens is 366 g/mol. The van der Waals surface area contributed by atoms with E-state index >= 15 is 0 Å². The summed E-state index contributed by atoms with van der Waals surface area (Å²) in [5.74, 6) is -0.364. The zero-order chi connectivity index (χ0) is 18.1. The van der Waals surface area contributed by atoms with Gasteiger partial charge >= 0.3 is 5.97 Å². The Kier molecular flexibility index (Phi) is 4.79. The standard InChI is InChI=1S/C18H13Cl2FN2O2/c1-2-16(24)25-14-5-3-10(11-4-6-15(22)23-18(11)14)17-12(19)7-9(21)8-13(17)20/h3-8H,2H2,1H3,(H2,22,23). The minimum Gasteiger partial charge on any atom is -0.424 e. The van der Waals surface area contributed by atoms with E-state index in [2.05, 4.69) is 4.98 Å². The molecule has 128 valence electrons. The van der Waals surface area contributed by atoms with Crippen LogP contribution in [0.4, 0.5) is 10.2 Å². The molecule has 4 nitrogen and oxygen atoms in total. The van der Waals surface area contributed by atoms with E-state index in [4.69, 9.17) is 33.7 Å². The third kappa shape index (κ3) is 3.38. The van der Waals surface area contributed by atoms with Crippen molar-refractivity contribution in [2.75, 3.05) is 5.73 Å². The first-order valence-electron chi connectivity index (χ1n) is 7.45. The van der Waals surface area contributed by atoms with E-state index in [0.29, 0.717) is 22.0 Å². The summed E-state index contributed by atoms with van der Waals surface area (Å²) in [5.41, 5.74) is 7.27. The second-order valence-electron chi connectivity index (χ2n) is 5.32. The molecule has 0 aliphatic heterocycles. The van der Waals surface area contributed by atoms with E-state index < -0.39 is 11.8 Å². The van der Waals surface area contributed by atoms with Crippen LogP contribution in [0, 0.1) is 5.82 Å². The van der Waals surface area contributed by atoms with Gasteiger partial charge < -0.3 is 10.5 Å². The molecule has 3 aromatic rings. The molecule has 0 bridgehead atoms. The van der Waals surface area contributed by atoms with Crippen LogP contribution >= 0.6 is 23.2 Å². The van der Waals surface area contributed by atoms with Gasteiger partial charge in [0.25, 0.3) is 0 Å². The summed E-state index contributed by atoms with van der Waals surface area (Å²) in [7, 11) is 0. The third-order valence-electron chi connectivity index (χ3n) is 3.63. The first-order chi connectivity index (χ1) is 11.9. The minimum absolute atomic E-state index is 0.168. The van der Waals surface area contributed by atoms with Crippen LogP contribution in [0.1, 0.15) is 13.3 Å². The zero-order valence-electron chi connectivity index (χ0n) is 13.1. The Labute approximate surface area is 153 Å². The van der Waals surface area contributed by atoms with Crippen molar-refractivity contribution in [2.24, 2.45) is 0 Å². The van der Waals surface area contributed by atoms with Gasteiger partial charge in [-0.25, -0.2) is 9.37 Å². The van der Waals surface area contributed by atoms with Crippen LogP contribution in [0.5, 0.6) is 5.75 Å².